The summed E-state index contributed by atoms with van der Waals surface area (Å²) < 4.78 is 54.3. The van der Waals surface area contributed by atoms with Crippen molar-refractivity contribution in [3.8, 4) is 28.4 Å². The number of nitrogens with zero attached hydrogens (tertiary/aromatic N) is 3. The smallest absolute Gasteiger partial charge is 0.418 e. The number of hydrogen-bond acceptors (Lipinski definition) is 6. The molecule has 1 fully saturated rings. The molecule has 2 heterocycles. The Hall–Kier alpha value is -3.24. The molecule has 204 valence electrons. The zero-order valence-electron chi connectivity index (χ0n) is 21.4. The number of methoxy groups -OCH3 is 2. The van der Waals surface area contributed by atoms with Crippen LogP contribution in [0.5, 0.6) is 11.5 Å². The van der Waals surface area contributed by atoms with Crippen LogP contribution < -0.4 is 25.2 Å². The Kier molecular flexibility index (Phi) is 7.94. The van der Waals surface area contributed by atoms with Crippen molar-refractivity contribution < 1.29 is 22.6 Å². The number of anilines is 1. The molecule has 7 nitrogen and oxygen atoms in total. The van der Waals surface area contributed by atoms with Crippen molar-refractivity contribution in [2.75, 3.05) is 39.3 Å². The molecule has 1 atom stereocenters. The minimum atomic E-state index is -4.66. The maximum Gasteiger partial charge on any atom is 0.418 e. The van der Waals surface area contributed by atoms with Gasteiger partial charge in [-0.05, 0) is 68.6 Å². The van der Waals surface area contributed by atoms with Gasteiger partial charge < -0.3 is 19.7 Å². The number of likely N-dealkylation sites (N-methyl/N-ethyl adjacent to an activating group) is 1. The largest absolute Gasteiger partial charge is 0.497 e. The SMILES string of the molecule is CNC1CCN(c2ccc(C(F)(F)F)c(-n3nc(-c4cc(OC)cc(OC)c4)c4c(c3=O)CCC4)c2)C1.Cl. The highest BCUT2D eigenvalue weighted by Crippen LogP contribution is 2.38. The van der Waals surface area contributed by atoms with E-state index in [1.807, 2.05) is 11.9 Å². The Balaban J connectivity index is 0.00000336. The van der Waals surface area contributed by atoms with Crippen molar-refractivity contribution in [3.63, 3.8) is 0 Å². The predicted octanol–water partition coefficient (Wildman–Crippen LogP) is 4.64. The van der Waals surface area contributed by atoms with Crippen LogP contribution in [-0.4, -0.2) is 50.2 Å². The molecule has 3 aromatic rings. The molecule has 0 amide bonds. The average Bonchev–Trinajstić information content (AvgIpc) is 3.58. The third kappa shape index (κ3) is 5.07. The molecule has 11 heteroatoms. The lowest BCUT2D eigenvalue weighted by atomic mass is 10.0. The van der Waals surface area contributed by atoms with E-state index in [9.17, 15) is 18.0 Å². The molecule has 38 heavy (non-hydrogen) atoms. The summed E-state index contributed by atoms with van der Waals surface area (Å²) in [5.41, 5.74) is 1.28. The van der Waals surface area contributed by atoms with E-state index in [1.165, 1.54) is 26.4 Å². The fraction of sp³-hybridized carbons (Fsp3) is 0.407. The second kappa shape index (κ2) is 10.9. The molecule has 1 unspecified atom stereocenters. The van der Waals surface area contributed by atoms with Gasteiger partial charge in [-0.2, -0.15) is 23.0 Å². The van der Waals surface area contributed by atoms with Crippen LogP contribution in [0.2, 0.25) is 0 Å². The Bertz CT molecular complexity index is 1370. The summed E-state index contributed by atoms with van der Waals surface area (Å²) in [6, 6.07) is 9.42. The van der Waals surface area contributed by atoms with E-state index in [0.29, 0.717) is 59.9 Å². The van der Waals surface area contributed by atoms with Gasteiger partial charge in [0.2, 0.25) is 0 Å². The zero-order chi connectivity index (χ0) is 26.3. The molecule has 1 saturated heterocycles. The van der Waals surface area contributed by atoms with Gasteiger partial charge in [-0.1, -0.05) is 0 Å². The van der Waals surface area contributed by atoms with Crippen molar-refractivity contribution >= 4 is 18.1 Å². The lowest BCUT2D eigenvalue weighted by Gasteiger charge is -2.22. The van der Waals surface area contributed by atoms with Gasteiger partial charge in [-0.25, -0.2) is 0 Å². The highest BCUT2D eigenvalue weighted by atomic mass is 35.5. The quantitative estimate of drug-likeness (QED) is 0.482. The minimum Gasteiger partial charge on any atom is -0.497 e. The first-order valence-electron chi connectivity index (χ1n) is 12.3. The number of fused-ring (bicyclic) bond motifs is 1. The van der Waals surface area contributed by atoms with Crippen LogP contribution in [0.4, 0.5) is 18.9 Å². The third-order valence-corrected chi connectivity index (χ3v) is 7.26. The molecule has 1 aromatic heterocycles. The van der Waals surface area contributed by atoms with Gasteiger partial charge in [-0.3, -0.25) is 4.79 Å². The number of alkyl halides is 3. The second-order valence-corrected chi connectivity index (χ2v) is 9.40. The van der Waals surface area contributed by atoms with E-state index in [2.05, 4.69) is 10.4 Å². The Labute approximate surface area is 225 Å². The van der Waals surface area contributed by atoms with Crippen molar-refractivity contribution in [3.05, 3.63) is 63.4 Å². The summed E-state index contributed by atoms with van der Waals surface area (Å²) in [7, 11) is 4.92. The number of nitrogens with one attached hydrogen (secondary N) is 1. The van der Waals surface area contributed by atoms with Crippen LogP contribution in [0.3, 0.4) is 0 Å². The van der Waals surface area contributed by atoms with E-state index in [-0.39, 0.29) is 24.1 Å². The van der Waals surface area contributed by atoms with E-state index < -0.39 is 17.3 Å². The first-order valence-corrected chi connectivity index (χ1v) is 12.3. The number of hydrogen-bond donors (Lipinski definition) is 1. The highest BCUT2D eigenvalue weighted by Gasteiger charge is 2.36. The normalized spacial score (nSPS) is 16.8. The molecule has 0 radical (unpaired) electrons. The van der Waals surface area contributed by atoms with E-state index >= 15 is 0 Å². The molecule has 2 aliphatic rings. The molecule has 1 aliphatic carbocycles. The standard InChI is InChI=1S/C27H29F3N4O3.ClH/c1-31-17-9-10-33(15-17)18-7-8-23(27(28,29)30)24(13-18)34-26(35)22-6-4-5-21(22)25(32-34)16-11-19(36-2)14-20(12-16)37-3;/h7-8,11-14,17,31H,4-6,9-10,15H2,1-3H3;1H. The molecule has 0 saturated carbocycles. The molecule has 1 N–H and O–H groups in total. The van der Waals surface area contributed by atoms with E-state index in [0.717, 1.165) is 29.2 Å². The average molecular weight is 551 g/mol. The molecule has 2 aromatic carbocycles. The van der Waals surface area contributed by atoms with Crippen LogP contribution in [-0.2, 0) is 19.0 Å². The number of ether oxygens (including phenoxy) is 2. The summed E-state index contributed by atoms with van der Waals surface area (Å²) in [6.45, 7) is 1.38. The number of halogens is 4. The van der Waals surface area contributed by atoms with E-state index in [4.69, 9.17) is 9.47 Å². The molecule has 0 spiro atoms. The molecule has 1 aliphatic heterocycles. The Morgan fingerprint density at radius 3 is 2.32 bits per heavy atom. The van der Waals surface area contributed by atoms with Crippen molar-refractivity contribution in [2.45, 2.75) is 37.9 Å². The lowest BCUT2D eigenvalue weighted by Crippen LogP contribution is -2.30. The van der Waals surface area contributed by atoms with Crippen molar-refractivity contribution in [2.24, 2.45) is 0 Å². The molecule has 5 rings (SSSR count). The molecular formula is C27H30ClF3N4O3. The summed E-state index contributed by atoms with van der Waals surface area (Å²) in [6.07, 6.45) is -1.94. The summed E-state index contributed by atoms with van der Waals surface area (Å²) in [4.78, 5) is 15.6. The van der Waals surface area contributed by atoms with Gasteiger partial charge in [0.25, 0.3) is 5.56 Å². The number of aromatic nitrogens is 2. The van der Waals surface area contributed by atoms with Gasteiger partial charge in [0, 0.05) is 42.0 Å². The van der Waals surface area contributed by atoms with Gasteiger partial charge in [0.15, 0.2) is 0 Å². The zero-order valence-corrected chi connectivity index (χ0v) is 22.2. The van der Waals surface area contributed by atoms with Crippen molar-refractivity contribution in [1.29, 1.82) is 0 Å². The van der Waals surface area contributed by atoms with E-state index in [1.54, 1.807) is 18.2 Å². The van der Waals surface area contributed by atoms with Gasteiger partial charge in [0.1, 0.15) is 11.5 Å². The van der Waals surface area contributed by atoms with Crippen LogP contribution in [0.15, 0.2) is 41.2 Å². The first-order chi connectivity index (χ1) is 17.7. The van der Waals surface area contributed by atoms with Crippen LogP contribution in [0.1, 0.15) is 29.5 Å². The minimum absolute atomic E-state index is 0. The highest BCUT2D eigenvalue weighted by molar-refractivity contribution is 5.85. The Morgan fingerprint density at radius 1 is 1.03 bits per heavy atom. The fourth-order valence-corrected chi connectivity index (χ4v) is 5.28. The third-order valence-electron chi connectivity index (χ3n) is 7.26. The topological polar surface area (TPSA) is 68.6 Å². The van der Waals surface area contributed by atoms with Crippen LogP contribution >= 0.6 is 12.4 Å². The first kappa shape index (κ1) is 27.8. The molecule has 0 bridgehead atoms. The summed E-state index contributed by atoms with van der Waals surface area (Å²) in [5, 5.41) is 7.79. The lowest BCUT2D eigenvalue weighted by molar-refractivity contribution is -0.137. The van der Waals surface area contributed by atoms with Gasteiger partial charge in [-0.15, -0.1) is 12.4 Å². The second-order valence-electron chi connectivity index (χ2n) is 9.40. The maximum atomic E-state index is 14.2. The van der Waals surface area contributed by atoms with Crippen LogP contribution in [0.25, 0.3) is 16.9 Å². The monoisotopic (exact) mass is 550 g/mol. The fourth-order valence-electron chi connectivity index (χ4n) is 5.28. The number of rotatable bonds is 6. The predicted molar refractivity (Wildman–Crippen MR) is 142 cm³/mol. The number of benzene rings is 2. The van der Waals surface area contributed by atoms with Gasteiger partial charge >= 0.3 is 6.18 Å². The molecular weight excluding hydrogens is 521 g/mol. The maximum absolute atomic E-state index is 14.2. The summed E-state index contributed by atoms with van der Waals surface area (Å²) >= 11 is 0. The van der Waals surface area contributed by atoms with Crippen molar-refractivity contribution in [1.82, 2.24) is 15.1 Å². The van der Waals surface area contributed by atoms with Gasteiger partial charge in [0.05, 0.1) is 31.2 Å². The Morgan fingerprint density at radius 2 is 1.71 bits per heavy atom. The summed E-state index contributed by atoms with van der Waals surface area (Å²) in [5.74, 6) is 1.04. The van der Waals surface area contributed by atoms with Crippen LogP contribution in [0, 0.1) is 0 Å².